The highest BCUT2D eigenvalue weighted by Gasteiger charge is 2.32. The Labute approximate surface area is 207 Å². The molecule has 0 aliphatic carbocycles. The molecule has 9 nitrogen and oxygen atoms in total. The van der Waals surface area contributed by atoms with Crippen LogP contribution in [0.25, 0.3) is 0 Å². The molecule has 0 bridgehead atoms. The van der Waals surface area contributed by atoms with Gasteiger partial charge in [0.05, 0.1) is 19.3 Å². The van der Waals surface area contributed by atoms with E-state index in [1.807, 2.05) is 18.2 Å². The number of methoxy groups -OCH3 is 1. The number of benzene rings is 1. The molecule has 0 spiro atoms. The van der Waals surface area contributed by atoms with Gasteiger partial charge in [-0.1, -0.05) is 37.6 Å². The van der Waals surface area contributed by atoms with Gasteiger partial charge in [-0.05, 0) is 48.8 Å². The highest BCUT2D eigenvalue weighted by atomic mass is 35.5. The number of carbonyl (C=O) groups is 2. The molecule has 1 saturated heterocycles. The number of ether oxygens (including phenoxy) is 2. The normalized spacial score (nSPS) is 17.3. The smallest absolute Gasteiger partial charge is 0.404 e. The van der Waals surface area contributed by atoms with Crippen molar-refractivity contribution >= 4 is 23.7 Å². The average Bonchev–Trinajstić information content (AvgIpc) is 2.78. The quantitative estimate of drug-likeness (QED) is 0.173. The van der Waals surface area contributed by atoms with Crippen LogP contribution in [-0.2, 0) is 9.47 Å². The van der Waals surface area contributed by atoms with Gasteiger partial charge in [0.1, 0.15) is 0 Å². The largest absolute Gasteiger partial charge is 0.465 e. The van der Waals surface area contributed by atoms with Gasteiger partial charge < -0.3 is 24.8 Å². The summed E-state index contributed by atoms with van der Waals surface area (Å²) in [7, 11) is 1.69. The Bertz CT molecular complexity index is 794. The minimum atomic E-state index is -1.09. The van der Waals surface area contributed by atoms with Gasteiger partial charge >= 0.3 is 12.1 Å². The number of carbonyl (C=O) groups excluding carboxylic acids is 1. The van der Waals surface area contributed by atoms with Crippen LogP contribution in [0.2, 0.25) is 5.02 Å². The van der Waals surface area contributed by atoms with Crippen molar-refractivity contribution in [3.05, 3.63) is 34.9 Å². The van der Waals surface area contributed by atoms with E-state index in [2.05, 4.69) is 19.2 Å². The van der Waals surface area contributed by atoms with Crippen molar-refractivity contribution in [2.75, 3.05) is 46.5 Å². The summed E-state index contributed by atoms with van der Waals surface area (Å²) in [5, 5.41) is 13.0. The Hall–Kier alpha value is -2.07. The molecule has 0 radical (unpaired) electrons. The first-order valence-electron chi connectivity index (χ1n) is 11.8. The molecule has 1 aromatic carbocycles. The molecule has 4 N–H and O–H groups in total. The van der Waals surface area contributed by atoms with Crippen LogP contribution in [0.4, 0.5) is 9.59 Å². The lowest BCUT2D eigenvalue weighted by Gasteiger charge is -2.38. The lowest BCUT2D eigenvalue weighted by atomic mass is 9.88. The minimum absolute atomic E-state index is 0.0336. The fourth-order valence-corrected chi connectivity index (χ4v) is 4.63. The number of piperidine rings is 1. The summed E-state index contributed by atoms with van der Waals surface area (Å²) in [5.74, 6) is 6.17. The second kappa shape index (κ2) is 13.7. The van der Waals surface area contributed by atoms with Gasteiger partial charge in [-0.2, -0.15) is 0 Å². The van der Waals surface area contributed by atoms with Crippen molar-refractivity contribution in [2.24, 2.45) is 17.2 Å². The number of nitrogens with two attached hydrogens (primary N) is 1. The van der Waals surface area contributed by atoms with E-state index in [0.717, 1.165) is 31.2 Å². The molecule has 10 heteroatoms. The van der Waals surface area contributed by atoms with E-state index in [9.17, 15) is 9.59 Å². The number of likely N-dealkylation sites (tertiary alicyclic amines) is 1. The number of hydrazine groups is 1. The minimum Gasteiger partial charge on any atom is -0.465 e. The van der Waals surface area contributed by atoms with E-state index < -0.39 is 6.09 Å². The number of amides is 3. The zero-order chi connectivity index (χ0) is 25.1. The van der Waals surface area contributed by atoms with Crippen LogP contribution in [0.1, 0.15) is 51.2 Å². The van der Waals surface area contributed by atoms with Crippen LogP contribution >= 0.6 is 11.6 Å². The summed E-state index contributed by atoms with van der Waals surface area (Å²) in [5.41, 5.74) is 0.943. The third kappa shape index (κ3) is 9.29. The number of urea groups is 1. The number of halogens is 1. The molecule has 3 amide bonds. The predicted molar refractivity (Wildman–Crippen MR) is 132 cm³/mol. The maximum Gasteiger partial charge on any atom is 0.404 e. The van der Waals surface area contributed by atoms with Crippen LogP contribution < -0.4 is 11.2 Å². The summed E-state index contributed by atoms with van der Waals surface area (Å²) in [6.45, 7) is 6.94. The summed E-state index contributed by atoms with van der Waals surface area (Å²) in [4.78, 5) is 25.6. The van der Waals surface area contributed by atoms with E-state index >= 15 is 0 Å². The molecule has 1 heterocycles. The first-order valence-corrected chi connectivity index (χ1v) is 12.1. The van der Waals surface area contributed by atoms with Crippen LogP contribution in [0.15, 0.2) is 24.3 Å². The van der Waals surface area contributed by atoms with Crippen molar-refractivity contribution in [3.63, 3.8) is 0 Å². The monoisotopic (exact) mass is 498 g/mol. The summed E-state index contributed by atoms with van der Waals surface area (Å²) >= 11 is 6.21. The lowest BCUT2D eigenvalue weighted by molar-refractivity contribution is -0.0106. The molecule has 1 fully saturated rings. The number of carboxylic acid groups (broad SMARTS) is 1. The van der Waals surface area contributed by atoms with Gasteiger partial charge in [-0.15, -0.1) is 0 Å². The maximum atomic E-state index is 13.0. The Morgan fingerprint density at radius 1 is 1.41 bits per heavy atom. The number of rotatable bonds is 12. The molecule has 1 aliphatic rings. The third-order valence-electron chi connectivity index (χ3n) is 6.04. The zero-order valence-corrected chi connectivity index (χ0v) is 21.2. The molecule has 0 aromatic heterocycles. The highest BCUT2D eigenvalue weighted by molar-refractivity contribution is 6.30. The van der Waals surface area contributed by atoms with E-state index in [-0.39, 0.29) is 36.6 Å². The van der Waals surface area contributed by atoms with Crippen LogP contribution in [0.3, 0.4) is 0 Å². The molecular formula is C24H39ClN4O5. The van der Waals surface area contributed by atoms with Crippen molar-refractivity contribution in [1.29, 1.82) is 0 Å². The van der Waals surface area contributed by atoms with Crippen molar-refractivity contribution in [2.45, 2.75) is 45.6 Å². The average molecular weight is 499 g/mol. The predicted octanol–water partition coefficient (Wildman–Crippen LogP) is 4.13. The van der Waals surface area contributed by atoms with Gasteiger partial charge in [-0.3, -0.25) is 5.01 Å². The fraction of sp³-hybridized carbons (Fsp3) is 0.667. The summed E-state index contributed by atoms with van der Waals surface area (Å²) in [6, 6.07) is 7.27. The van der Waals surface area contributed by atoms with Crippen molar-refractivity contribution in [3.8, 4) is 0 Å². The lowest BCUT2D eigenvalue weighted by Crippen LogP contribution is -2.51. The molecule has 34 heavy (non-hydrogen) atoms. The second-order valence-electron chi connectivity index (χ2n) is 9.60. The SMILES string of the molecule is COCC(C)(C)CCCN(N)C(=O)N1CCCC(C(OCCNC(=O)O)c2cccc(Cl)c2)C1. The molecule has 1 aliphatic heterocycles. The van der Waals surface area contributed by atoms with E-state index in [4.69, 9.17) is 32.0 Å². The Kier molecular flexibility index (Phi) is 11.4. The second-order valence-corrected chi connectivity index (χ2v) is 10.0. The topological polar surface area (TPSA) is 117 Å². The molecule has 1 aromatic rings. The Morgan fingerprint density at radius 3 is 2.85 bits per heavy atom. The van der Waals surface area contributed by atoms with Crippen LogP contribution in [0, 0.1) is 11.3 Å². The molecule has 192 valence electrons. The highest BCUT2D eigenvalue weighted by Crippen LogP contribution is 2.34. The van der Waals surface area contributed by atoms with Gasteiger partial charge in [0, 0.05) is 44.2 Å². The van der Waals surface area contributed by atoms with Crippen LogP contribution in [0.5, 0.6) is 0 Å². The molecule has 2 unspecified atom stereocenters. The first kappa shape index (κ1) is 28.2. The Morgan fingerprint density at radius 2 is 2.18 bits per heavy atom. The van der Waals surface area contributed by atoms with Crippen LogP contribution in [-0.4, -0.2) is 73.6 Å². The number of nitrogens with zero attached hydrogens (tertiary/aromatic N) is 2. The van der Waals surface area contributed by atoms with Crippen molar-refractivity contribution < 1.29 is 24.2 Å². The molecule has 2 atom stereocenters. The maximum absolute atomic E-state index is 13.0. The first-order chi connectivity index (χ1) is 16.1. The fourth-order valence-electron chi connectivity index (χ4n) is 4.43. The third-order valence-corrected chi connectivity index (χ3v) is 6.28. The van der Waals surface area contributed by atoms with E-state index in [0.29, 0.717) is 31.3 Å². The van der Waals surface area contributed by atoms with Gasteiger partial charge in [0.25, 0.3) is 0 Å². The number of hydrogen-bond acceptors (Lipinski definition) is 5. The van der Waals surface area contributed by atoms with Gasteiger partial charge in [0.2, 0.25) is 0 Å². The molecular weight excluding hydrogens is 460 g/mol. The summed E-state index contributed by atoms with van der Waals surface area (Å²) < 4.78 is 11.4. The number of nitrogens with one attached hydrogen (secondary N) is 1. The molecule has 0 saturated carbocycles. The summed E-state index contributed by atoms with van der Waals surface area (Å²) in [6.07, 6.45) is 2.00. The molecule has 2 rings (SSSR count). The zero-order valence-electron chi connectivity index (χ0n) is 20.5. The standard InChI is InChI=1S/C24H39ClN4O5/c1-24(2,17-33-3)10-6-13-29(26)23(32)28-12-5-8-19(16-28)21(34-14-11-27-22(30)31)18-7-4-9-20(25)15-18/h4,7,9,15,19,21,27H,5-6,8,10-14,16-17,26H2,1-3H3,(H,30,31). The number of hydrogen-bond donors (Lipinski definition) is 3. The van der Waals surface area contributed by atoms with Gasteiger partial charge in [-0.25, -0.2) is 15.4 Å². The Balaban J connectivity index is 1.99. The van der Waals surface area contributed by atoms with Crippen molar-refractivity contribution in [1.82, 2.24) is 15.2 Å². The van der Waals surface area contributed by atoms with E-state index in [1.54, 1.807) is 18.1 Å². The van der Waals surface area contributed by atoms with E-state index in [1.165, 1.54) is 5.01 Å². The van der Waals surface area contributed by atoms with Gasteiger partial charge in [0.15, 0.2) is 0 Å².